The summed E-state index contributed by atoms with van der Waals surface area (Å²) < 4.78 is 27.3. The molecule has 2 nitrogen and oxygen atoms in total. The van der Waals surface area contributed by atoms with E-state index in [0.29, 0.717) is 12.2 Å². The molecule has 4 rings (SSSR count). The highest BCUT2D eigenvalue weighted by atomic mass is 32.1. The lowest BCUT2D eigenvalue weighted by molar-refractivity contribution is 0.580. The standard InChI is InChI=1S/C19H14F2N2S/c20-14-8-9-17(16(21)11-14)23-12-15(13-5-2-1-3-6-13)19(22-23)18-7-4-10-24-18/h1-11,15H,12H2. The van der Waals surface area contributed by atoms with Crippen molar-refractivity contribution >= 4 is 22.7 Å². The molecule has 1 aliphatic heterocycles. The molecule has 3 aromatic rings. The van der Waals surface area contributed by atoms with Crippen molar-refractivity contribution in [1.82, 2.24) is 0 Å². The quantitative estimate of drug-likeness (QED) is 0.652. The van der Waals surface area contributed by atoms with Gasteiger partial charge in [-0.1, -0.05) is 36.4 Å². The van der Waals surface area contributed by atoms with E-state index >= 15 is 0 Å². The molecule has 1 unspecified atom stereocenters. The van der Waals surface area contributed by atoms with Gasteiger partial charge in [-0.05, 0) is 29.1 Å². The Kier molecular flexibility index (Phi) is 3.86. The molecule has 0 bridgehead atoms. The highest BCUT2D eigenvalue weighted by molar-refractivity contribution is 7.12. The van der Waals surface area contributed by atoms with Crippen molar-refractivity contribution in [1.29, 1.82) is 0 Å². The average molecular weight is 340 g/mol. The largest absolute Gasteiger partial charge is 0.261 e. The molecule has 2 aromatic carbocycles. The van der Waals surface area contributed by atoms with E-state index in [1.54, 1.807) is 16.3 Å². The van der Waals surface area contributed by atoms with Gasteiger partial charge < -0.3 is 0 Å². The van der Waals surface area contributed by atoms with Crippen LogP contribution in [0.15, 0.2) is 71.1 Å². The molecule has 0 spiro atoms. The maximum Gasteiger partial charge on any atom is 0.151 e. The van der Waals surface area contributed by atoms with Crippen molar-refractivity contribution in [2.75, 3.05) is 11.6 Å². The van der Waals surface area contributed by atoms with Crippen molar-refractivity contribution in [3.63, 3.8) is 0 Å². The number of benzene rings is 2. The van der Waals surface area contributed by atoms with E-state index in [9.17, 15) is 8.78 Å². The fraction of sp³-hybridized carbons (Fsp3) is 0.105. The highest BCUT2D eigenvalue weighted by Crippen LogP contribution is 2.34. The Morgan fingerprint density at radius 2 is 1.83 bits per heavy atom. The summed E-state index contributed by atoms with van der Waals surface area (Å²) in [7, 11) is 0. The maximum atomic E-state index is 14.2. The molecular weight excluding hydrogens is 326 g/mol. The zero-order valence-corrected chi connectivity index (χ0v) is 13.5. The van der Waals surface area contributed by atoms with Gasteiger partial charge in [-0.3, -0.25) is 5.01 Å². The van der Waals surface area contributed by atoms with Crippen LogP contribution in [0, 0.1) is 11.6 Å². The van der Waals surface area contributed by atoms with Crippen LogP contribution in [0.2, 0.25) is 0 Å². The molecule has 0 amide bonds. The van der Waals surface area contributed by atoms with Crippen LogP contribution in [-0.2, 0) is 0 Å². The van der Waals surface area contributed by atoms with Gasteiger partial charge in [0.1, 0.15) is 5.82 Å². The first-order chi connectivity index (χ1) is 11.7. The second-order valence-electron chi connectivity index (χ2n) is 5.60. The minimum atomic E-state index is -0.599. The molecule has 0 fully saturated rings. The third-order valence-corrected chi connectivity index (χ3v) is 4.97. The van der Waals surface area contributed by atoms with Crippen LogP contribution in [-0.4, -0.2) is 12.3 Å². The van der Waals surface area contributed by atoms with E-state index < -0.39 is 11.6 Å². The molecule has 0 aliphatic carbocycles. The number of hydrazone groups is 1. The van der Waals surface area contributed by atoms with Gasteiger partial charge in [0.05, 0.1) is 22.8 Å². The number of hydrogen-bond acceptors (Lipinski definition) is 3. The summed E-state index contributed by atoms with van der Waals surface area (Å²) >= 11 is 1.61. The minimum absolute atomic E-state index is 0.0503. The third kappa shape index (κ3) is 2.71. The topological polar surface area (TPSA) is 15.6 Å². The number of nitrogens with zero attached hydrogens (tertiary/aromatic N) is 2. The summed E-state index contributed by atoms with van der Waals surface area (Å²) in [4.78, 5) is 1.06. The van der Waals surface area contributed by atoms with E-state index in [-0.39, 0.29) is 5.92 Å². The number of anilines is 1. The average Bonchev–Trinajstić information content (AvgIpc) is 3.25. The summed E-state index contributed by atoms with van der Waals surface area (Å²) in [6.45, 7) is 0.528. The Balaban J connectivity index is 1.76. The van der Waals surface area contributed by atoms with Gasteiger partial charge in [0.15, 0.2) is 5.82 Å². The molecule has 0 N–H and O–H groups in total. The smallest absolute Gasteiger partial charge is 0.151 e. The van der Waals surface area contributed by atoms with Crippen LogP contribution in [0.5, 0.6) is 0 Å². The van der Waals surface area contributed by atoms with Crippen LogP contribution in [0.4, 0.5) is 14.5 Å². The van der Waals surface area contributed by atoms with Gasteiger partial charge in [0, 0.05) is 12.0 Å². The number of hydrogen-bond donors (Lipinski definition) is 0. The zero-order valence-electron chi connectivity index (χ0n) is 12.7. The summed E-state index contributed by atoms with van der Waals surface area (Å²) in [5.74, 6) is -1.13. The van der Waals surface area contributed by atoms with Gasteiger partial charge >= 0.3 is 0 Å². The Morgan fingerprint density at radius 3 is 2.54 bits per heavy atom. The Labute approximate surface area is 142 Å². The van der Waals surface area contributed by atoms with Gasteiger partial charge in [-0.15, -0.1) is 11.3 Å². The van der Waals surface area contributed by atoms with Crippen LogP contribution in [0.25, 0.3) is 0 Å². The lowest BCUT2D eigenvalue weighted by Crippen LogP contribution is -2.19. The molecule has 5 heteroatoms. The first-order valence-electron chi connectivity index (χ1n) is 7.62. The summed E-state index contributed by atoms with van der Waals surface area (Å²) in [6.07, 6.45) is 0. The number of rotatable bonds is 3. The molecular formula is C19H14F2N2S. The zero-order chi connectivity index (χ0) is 16.5. The van der Waals surface area contributed by atoms with Crippen molar-refractivity contribution in [3.05, 3.63) is 88.1 Å². The summed E-state index contributed by atoms with van der Waals surface area (Å²) in [5, 5.41) is 8.27. The lowest BCUT2D eigenvalue weighted by Gasteiger charge is -2.17. The van der Waals surface area contributed by atoms with Crippen LogP contribution in [0.3, 0.4) is 0 Å². The van der Waals surface area contributed by atoms with Crippen molar-refractivity contribution in [3.8, 4) is 0 Å². The molecule has 2 heterocycles. The van der Waals surface area contributed by atoms with E-state index in [1.807, 2.05) is 35.7 Å². The van der Waals surface area contributed by atoms with E-state index in [0.717, 1.165) is 22.2 Å². The van der Waals surface area contributed by atoms with Gasteiger partial charge in [-0.25, -0.2) is 8.78 Å². The molecule has 120 valence electrons. The Bertz CT molecular complexity index is 876. The SMILES string of the molecule is Fc1ccc(N2CC(c3ccccc3)C(c3cccs3)=N2)c(F)c1. The van der Waals surface area contributed by atoms with Crippen LogP contribution >= 0.6 is 11.3 Å². The second-order valence-corrected chi connectivity index (χ2v) is 6.55. The molecule has 1 aromatic heterocycles. The van der Waals surface area contributed by atoms with Crippen molar-refractivity contribution in [2.24, 2.45) is 5.10 Å². The first-order valence-corrected chi connectivity index (χ1v) is 8.50. The van der Waals surface area contributed by atoms with Crippen LogP contribution < -0.4 is 5.01 Å². The Hall–Kier alpha value is -2.53. The maximum absolute atomic E-state index is 14.2. The fourth-order valence-electron chi connectivity index (χ4n) is 2.94. The van der Waals surface area contributed by atoms with Crippen molar-refractivity contribution in [2.45, 2.75) is 5.92 Å². The molecule has 1 aliphatic rings. The van der Waals surface area contributed by atoms with Gasteiger partial charge in [-0.2, -0.15) is 5.10 Å². The third-order valence-electron chi connectivity index (χ3n) is 4.08. The predicted molar refractivity (Wildman–Crippen MR) is 93.7 cm³/mol. The van der Waals surface area contributed by atoms with Crippen molar-refractivity contribution < 1.29 is 8.78 Å². The van der Waals surface area contributed by atoms with E-state index in [2.05, 4.69) is 17.2 Å². The normalized spacial score (nSPS) is 17.2. The van der Waals surface area contributed by atoms with Gasteiger partial charge in [0.25, 0.3) is 0 Å². The molecule has 0 saturated heterocycles. The summed E-state index contributed by atoms with van der Waals surface area (Å²) in [5.41, 5.74) is 2.35. The summed E-state index contributed by atoms with van der Waals surface area (Å²) in [6, 6.07) is 17.6. The second kappa shape index (κ2) is 6.17. The lowest BCUT2D eigenvalue weighted by atomic mass is 9.94. The molecule has 24 heavy (non-hydrogen) atoms. The Morgan fingerprint density at radius 1 is 1.00 bits per heavy atom. The monoisotopic (exact) mass is 340 g/mol. The molecule has 1 atom stereocenters. The first kappa shape index (κ1) is 15.0. The van der Waals surface area contributed by atoms with Crippen LogP contribution in [0.1, 0.15) is 16.4 Å². The number of halogens is 2. The minimum Gasteiger partial charge on any atom is -0.261 e. The fourth-order valence-corrected chi connectivity index (χ4v) is 3.70. The van der Waals surface area contributed by atoms with E-state index in [4.69, 9.17) is 0 Å². The highest BCUT2D eigenvalue weighted by Gasteiger charge is 2.31. The van der Waals surface area contributed by atoms with Gasteiger partial charge in [0.2, 0.25) is 0 Å². The van der Waals surface area contributed by atoms with E-state index in [1.165, 1.54) is 12.1 Å². The predicted octanol–water partition coefficient (Wildman–Crippen LogP) is 5.03. The molecule has 0 saturated carbocycles. The number of thiophene rings is 1. The molecule has 0 radical (unpaired) electrons.